The van der Waals surface area contributed by atoms with Crippen molar-refractivity contribution in [1.82, 2.24) is 10.2 Å². The zero-order chi connectivity index (χ0) is 22.1. The molecule has 1 atom stereocenters. The number of hydrogen-bond acceptors (Lipinski definition) is 5. The van der Waals surface area contributed by atoms with E-state index in [1.54, 1.807) is 19.2 Å². The summed E-state index contributed by atoms with van der Waals surface area (Å²) in [4.78, 5) is 28.5. The second-order valence-corrected chi connectivity index (χ2v) is 9.44. The van der Waals surface area contributed by atoms with Gasteiger partial charge in [0, 0.05) is 23.0 Å². The van der Waals surface area contributed by atoms with Crippen molar-refractivity contribution >= 4 is 44.7 Å². The fourth-order valence-corrected chi connectivity index (χ4v) is 5.63. The van der Waals surface area contributed by atoms with E-state index in [0.717, 1.165) is 29.7 Å². The molecule has 1 unspecified atom stereocenters. The number of nitrogens with one attached hydrogen (secondary N) is 3. The van der Waals surface area contributed by atoms with Crippen molar-refractivity contribution in [3.63, 3.8) is 0 Å². The van der Waals surface area contributed by atoms with Crippen LogP contribution in [-0.4, -0.2) is 49.6 Å². The van der Waals surface area contributed by atoms with Gasteiger partial charge < -0.3 is 25.6 Å². The van der Waals surface area contributed by atoms with E-state index in [-0.39, 0.29) is 18.0 Å². The van der Waals surface area contributed by atoms with E-state index in [1.165, 1.54) is 24.2 Å². The minimum absolute atomic E-state index is 0.00613. The minimum Gasteiger partial charge on any atom is -0.495 e. The molecule has 0 spiro atoms. The van der Waals surface area contributed by atoms with E-state index in [4.69, 9.17) is 4.74 Å². The summed E-state index contributed by atoms with van der Waals surface area (Å²) >= 11 is 1.45. The molecule has 3 amide bonds. The largest absolute Gasteiger partial charge is 0.495 e. The van der Waals surface area contributed by atoms with Gasteiger partial charge in [-0.15, -0.1) is 11.3 Å². The quantitative estimate of drug-likeness (QED) is 0.539. The summed E-state index contributed by atoms with van der Waals surface area (Å²) in [6.07, 6.45) is 2.34. The van der Waals surface area contributed by atoms with E-state index < -0.39 is 0 Å². The average Bonchev–Trinajstić information content (AvgIpc) is 3.24. The smallest absolute Gasteiger partial charge is 0.323 e. The number of piperidine rings is 3. The molecule has 3 saturated heterocycles. The fraction of sp³-hybridized carbons (Fsp3) is 0.333. The van der Waals surface area contributed by atoms with Crippen LogP contribution < -0.4 is 20.7 Å². The standard InChI is InChI=1S/C24H26N4O3S/c1-31-20-5-3-2-4-18(20)27-24(30)25-17-7-6-16-12-22(32-21(16)13-17)23(29)26-19-14-28-10-8-15(19)9-11-28/h2-7,12-13,15,19H,8-11,14H2,1H3,(H,26,29)(H2,25,27,30). The molecule has 4 heterocycles. The minimum atomic E-state index is -0.356. The Morgan fingerprint density at radius 3 is 2.62 bits per heavy atom. The van der Waals surface area contributed by atoms with Crippen LogP contribution in [0.4, 0.5) is 16.2 Å². The summed E-state index contributed by atoms with van der Waals surface area (Å²) in [7, 11) is 1.56. The maximum Gasteiger partial charge on any atom is 0.323 e. The Hall–Kier alpha value is -3.10. The predicted molar refractivity (Wildman–Crippen MR) is 128 cm³/mol. The zero-order valence-corrected chi connectivity index (χ0v) is 18.7. The third kappa shape index (κ3) is 4.28. The van der Waals surface area contributed by atoms with E-state index in [1.807, 2.05) is 36.4 Å². The summed E-state index contributed by atoms with van der Waals surface area (Å²) in [5.41, 5.74) is 1.26. The maximum atomic E-state index is 12.9. The van der Waals surface area contributed by atoms with Crippen molar-refractivity contribution < 1.29 is 14.3 Å². The number of benzene rings is 2. The molecule has 3 aliphatic heterocycles. The number of nitrogens with zero attached hydrogens (tertiary/aromatic N) is 1. The average molecular weight is 451 g/mol. The Kier molecular flexibility index (Phi) is 5.71. The molecule has 2 aromatic carbocycles. The van der Waals surface area contributed by atoms with Crippen molar-refractivity contribution in [2.24, 2.45) is 5.92 Å². The number of anilines is 2. The first-order valence-electron chi connectivity index (χ1n) is 10.9. The van der Waals surface area contributed by atoms with Gasteiger partial charge in [-0.2, -0.15) is 0 Å². The van der Waals surface area contributed by atoms with E-state index in [2.05, 4.69) is 20.9 Å². The molecule has 32 heavy (non-hydrogen) atoms. The fourth-order valence-electron chi connectivity index (χ4n) is 4.62. The van der Waals surface area contributed by atoms with Crippen LogP contribution in [0.3, 0.4) is 0 Å². The van der Waals surface area contributed by atoms with Crippen LogP contribution in [0, 0.1) is 5.92 Å². The molecule has 166 valence electrons. The van der Waals surface area contributed by atoms with Gasteiger partial charge in [0.25, 0.3) is 5.91 Å². The number of ether oxygens (including phenoxy) is 1. The number of thiophene rings is 1. The number of rotatable bonds is 5. The number of carbonyl (C=O) groups excluding carboxylic acids is 2. The van der Waals surface area contributed by atoms with Crippen LogP contribution in [0.5, 0.6) is 5.75 Å². The van der Waals surface area contributed by atoms with Crippen LogP contribution in [0.1, 0.15) is 22.5 Å². The highest BCUT2D eigenvalue weighted by Gasteiger charge is 2.35. The van der Waals surface area contributed by atoms with E-state index in [9.17, 15) is 9.59 Å². The molecular formula is C24H26N4O3S. The van der Waals surface area contributed by atoms with E-state index >= 15 is 0 Å². The lowest BCUT2D eigenvalue weighted by molar-refractivity contribution is 0.0622. The third-order valence-corrected chi connectivity index (χ3v) is 7.43. The Morgan fingerprint density at radius 2 is 1.88 bits per heavy atom. The zero-order valence-electron chi connectivity index (χ0n) is 17.9. The summed E-state index contributed by atoms with van der Waals surface area (Å²) in [6.45, 7) is 3.26. The molecule has 3 fully saturated rings. The molecule has 3 aromatic rings. The summed E-state index contributed by atoms with van der Waals surface area (Å²) in [6, 6.07) is 14.7. The number of para-hydroxylation sites is 2. The lowest BCUT2D eigenvalue weighted by Gasteiger charge is -2.44. The number of hydrogen-bond donors (Lipinski definition) is 3. The molecule has 3 N–H and O–H groups in total. The van der Waals surface area contributed by atoms with Crippen LogP contribution >= 0.6 is 11.3 Å². The highest BCUT2D eigenvalue weighted by Crippen LogP contribution is 2.31. The Labute approximate surface area is 190 Å². The molecule has 0 saturated carbocycles. The highest BCUT2D eigenvalue weighted by atomic mass is 32.1. The van der Waals surface area contributed by atoms with Crippen LogP contribution in [0.2, 0.25) is 0 Å². The van der Waals surface area contributed by atoms with Crippen molar-refractivity contribution in [2.45, 2.75) is 18.9 Å². The number of fused-ring (bicyclic) bond motifs is 4. The van der Waals surface area contributed by atoms with Gasteiger partial charge in [-0.05, 0) is 67.6 Å². The van der Waals surface area contributed by atoms with Gasteiger partial charge >= 0.3 is 6.03 Å². The molecule has 6 rings (SSSR count). The van der Waals surface area contributed by atoms with Gasteiger partial charge in [-0.1, -0.05) is 18.2 Å². The first-order chi connectivity index (χ1) is 15.6. The molecular weight excluding hydrogens is 424 g/mol. The second kappa shape index (κ2) is 8.80. The molecule has 1 aromatic heterocycles. The molecule has 3 aliphatic rings. The maximum absolute atomic E-state index is 12.9. The summed E-state index contributed by atoms with van der Waals surface area (Å²) in [5, 5.41) is 9.89. The molecule has 2 bridgehead atoms. The van der Waals surface area contributed by atoms with Crippen molar-refractivity contribution in [1.29, 1.82) is 0 Å². The van der Waals surface area contributed by atoms with Gasteiger partial charge in [-0.3, -0.25) is 4.79 Å². The molecule has 0 aliphatic carbocycles. The van der Waals surface area contributed by atoms with Crippen molar-refractivity contribution in [3.05, 3.63) is 53.4 Å². The summed E-state index contributed by atoms with van der Waals surface area (Å²) < 4.78 is 6.23. The molecule has 8 heteroatoms. The Bertz CT molecular complexity index is 1150. The van der Waals surface area contributed by atoms with Crippen molar-refractivity contribution in [2.75, 3.05) is 37.4 Å². The van der Waals surface area contributed by atoms with Gasteiger partial charge in [0.1, 0.15) is 5.75 Å². The van der Waals surface area contributed by atoms with Gasteiger partial charge in [-0.25, -0.2) is 4.79 Å². The Morgan fingerprint density at radius 1 is 1.06 bits per heavy atom. The number of urea groups is 1. The first kappa shape index (κ1) is 20.8. The monoisotopic (exact) mass is 450 g/mol. The lowest BCUT2D eigenvalue weighted by Crippen LogP contribution is -2.57. The van der Waals surface area contributed by atoms with Crippen LogP contribution in [-0.2, 0) is 0 Å². The predicted octanol–water partition coefficient (Wildman–Crippen LogP) is 4.38. The van der Waals surface area contributed by atoms with Gasteiger partial charge in [0.15, 0.2) is 0 Å². The number of carbonyl (C=O) groups is 2. The van der Waals surface area contributed by atoms with Crippen LogP contribution in [0.25, 0.3) is 10.1 Å². The number of methoxy groups -OCH3 is 1. The van der Waals surface area contributed by atoms with E-state index in [0.29, 0.717) is 27.9 Å². The lowest BCUT2D eigenvalue weighted by atomic mass is 9.84. The molecule has 7 nitrogen and oxygen atoms in total. The second-order valence-electron chi connectivity index (χ2n) is 8.36. The van der Waals surface area contributed by atoms with Gasteiger partial charge in [0.2, 0.25) is 0 Å². The Balaban J connectivity index is 1.25. The topological polar surface area (TPSA) is 82.7 Å². The number of amides is 3. The van der Waals surface area contributed by atoms with Crippen LogP contribution in [0.15, 0.2) is 48.5 Å². The van der Waals surface area contributed by atoms with Crippen molar-refractivity contribution in [3.8, 4) is 5.75 Å². The first-order valence-corrected chi connectivity index (χ1v) is 11.7. The normalized spacial score (nSPS) is 21.8. The van der Waals surface area contributed by atoms with Gasteiger partial charge in [0.05, 0.1) is 17.7 Å². The highest BCUT2D eigenvalue weighted by molar-refractivity contribution is 7.20. The molecule has 0 radical (unpaired) electrons. The third-order valence-electron chi connectivity index (χ3n) is 6.33. The SMILES string of the molecule is COc1ccccc1NC(=O)Nc1ccc2cc(C(=O)NC3CN4CCC3CC4)sc2c1. The summed E-state index contributed by atoms with van der Waals surface area (Å²) in [5.74, 6) is 1.18.